The maximum absolute atomic E-state index is 5.76. The van der Waals surface area contributed by atoms with Gasteiger partial charge < -0.3 is 9.64 Å². The number of hydrogen-bond acceptors (Lipinski definition) is 3. The van der Waals surface area contributed by atoms with Gasteiger partial charge in [0.15, 0.2) is 0 Å². The van der Waals surface area contributed by atoms with Gasteiger partial charge in [0.05, 0.1) is 6.10 Å². The minimum absolute atomic E-state index is 0.464. The van der Waals surface area contributed by atoms with E-state index in [9.17, 15) is 0 Å². The van der Waals surface area contributed by atoms with Crippen LogP contribution in [0.15, 0.2) is 0 Å². The summed E-state index contributed by atoms with van der Waals surface area (Å²) in [6.45, 7) is 7.74. The first kappa shape index (κ1) is 14.3. The number of thiol groups is 1. The van der Waals surface area contributed by atoms with Crippen LogP contribution in [0.5, 0.6) is 0 Å². The average molecular weight is 245 g/mol. The Bertz CT molecular complexity index is 181. The van der Waals surface area contributed by atoms with Crippen LogP contribution in [0.3, 0.4) is 0 Å². The number of nitrogens with zero attached hydrogens (tertiary/aromatic N) is 1. The first-order valence-corrected chi connectivity index (χ1v) is 7.17. The predicted octanol–water partition coefficient (Wildman–Crippen LogP) is 2.69. The molecule has 0 bridgehead atoms. The van der Waals surface area contributed by atoms with E-state index in [4.69, 9.17) is 4.74 Å². The second-order valence-electron chi connectivity index (χ2n) is 5.40. The molecule has 96 valence electrons. The van der Waals surface area contributed by atoms with E-state index in [1.54, 1.807) is 0 Å². The lowest BCUT2D eigenvalue weighted by atomic mass is 9.97. The van der Waals surface area contributed by atoms with Crippen LogP contribution in [-0.2, 0) is 4.74 Å². The van der Waals surface area contributed by atoms with Gasteiger partial charge >= 0.3 is 0 Å². The molecule has 0 saturated carbocycles. The first-order chi connectivity index (χ1) is 7.63. The van der Waals surface area contributed by atoms with Crippen molar-refractivity contribution in [3.63, 3.8) is 0 Å². The van der Waals surface area contributed by atoms with Crippen molar-refractivity contribution >= 4 is 12.6 Å². The van der Waals surface area contributed by atoms with Crippen LogP contribution in [0, 0.1) is 11.8 Å². The molecule has 1 rings (SSSR count). The van der Waals surface area contributed by atoms with Gasteiger partial charge in [0.1, 0.15) is 0 Å². The van der Waals surface area contributed by atoms with Crippen LogP contribution in [-0.4, -0.2) is 43.5 Å². The standard InChI is InChI=1S/C13H27NOS/c1-11(2)12(10-16)8-14(3)9-13-6-4-5-7-15-13/h11-13,16H,4-10H2,1-3H3. The van der Waals surface area contributed by atoms with Gasteiger partial charge in [-0.25, -0.2) is 0 Å². The van der Waals surface area contributed by atoms with Crippen molar-refractivity contribution in [2.24, 2.45) is 11.8 Å². The topological polar surface area (TPSA) is 12.5 Å². The van der Waals surface area contributed by atoms with E-state index in [-0.39, 0.29) is 0 Å². The second kappa shape index (κ2) is 7.57. The summed E-state index contributed by atoms with van der Waals surface area (Å²) in [5, 5.41) is 0. The number of hydrogen-bond donors (Lipinski definition) is 1. The van der Waals surface area contributed by atoms with Gasteiger partial charge in [-0.15, -0.1) is 0 Å². The summed E-state index contributed by atoms with van der Waals surface area (Å²) in [5.74, 6) is 2.39. The van der Waals surface area contributed by atoms with Crippen molar-refractivity contribution < 1.29 is 4.74 Å². The highest BCUT2D eigenvalue weighted by molar-refractivity contribution is 7.80. The van der Waals surface area contributed by atoms with Gasteiger partial charge in [-0.05, 0) is 43.9 Å². The Kier molecular flexibility index (Phi) is 6.78. The van der Waals surface area contributed by atoms with Crippen LogP contribution in [0.2, 0.25) is 0 Å². The Labute approximate surface area is 106 Å². The molecular formula is C13H27NOS. The molecule has 0 aromatic heterocycles. The molecule has 2 atom stereocenters. The van der Waals surface area contributed by atoms with Crippen molar-refractivity contribution in [1.29, 1.82) is 0 Å². The zero-order chi connectivity index (χ0) is 12.0. The molecule has 0 N–H and O–H groups in total. The lowest BCUT2D eigenvalue weighted by molar-refractivity contribution is -0.00387. The van der Waals surface area contributed by atoms with Crippen molar-refractivity contribution in [2.45, 2.75) is 39.2 Å². The van der Waals surface area contributed by atoms with Crippen molar-refractivity contribution in [1.82, 2.24) is 4.90 Å². The Morgan fingerprint density at radius 3 is 2.62 bits per heavy atom. The van der Waals surface area contributed by atoms with Crippen molar-refractivity contribution in [2.75, 3.05) is 32.5 Å². The first-order valence-electron chi connectivity index (χ1n) is 6.54. The monoisotopic (exact) mass is 245 g/mol. The number of rotatable bonds is 6. The summed E-state index contributed by atoms with van der Waals surface area (Å²) >= 11 is 4.44. The van der Waals surface area contributed by atoms with Gasteiger partial charge in [-0.2, -0.15) is 12.6 Å². The van der Waals surface area contributed by atoms with Crippen molar-refractivity contribution in [3.05, 3.63) is 0 Å². The fourth-order valence-corrected chi connectivity index (χ4v) is 2.79. The zero-order valence-corrected chi connectivity index (χ0v) is 11.9. The third-order valence-corrected chi connectivity index (χ3v) is 3.98. The molecule has 3 heteroatoms. The van der Waals surface area contributed by atoms with Crippen LogP contribution >= 0.6 is 12.6 Å². The summed E-state index contributed by atoms with van der Waals surface area (Å²) in [5.41, 5.74) is 0. The summed E-state index contributed by atoms with van der Waals surface area (Å²) in [4.78, 5) is 2.41. The molecule has 0 aliphatic carbocycles. The highest BCUT2D eigenvalue weighted by Gasteiger charge is 2.19. The van der Waals surface area contributed by atoms with E-state index >= 15 is 0 Å². The van der Waals surface area contributed by atoms with E-state index in [1.165, 1.54) is 19.3 Å². The molecule has 0 amide bonds. The molecule has 1 saturated heterocycles. The summed E-state index contributed by atoms with van der Waals surface area (Å²) in [6.07, 6.45) is 4.27. The van der Waals surface area contributed by atoms with Crippen LogP contribution < -0.4 is 0 Å². The maximum Gasteiger partial charge on any atom is 0.0701 e. The summed E-state index contributed by atoms with van der Waals surface area (Å²) in [6, 6.07) is 0. The van der Waals surface area contributed by atoms with Gasteiger partial charge in [0, 0.05) is 19.7 Å². The smallest absolute Gasteiger partial charge is 0.0701 e. The fraction of sp³-hybridized carbons (Fsp3) is 1.00. The van der Waals surface area contributed by atoms with E-state index in [0.717, 1.165) is 25.4 Å². The second-order valence-corrected chi connectivity index (χ2v) is 5.76. The maximum atomic E-state index is 5.76. The molecule has 0 spiro atoms. The van der Waals surface area contributed by atoms with E-state index in [0.29, 0.717) is 17.9 Å². The van der Waals surface area contributed by atoms with Crippen LogP contribution in [0.25, 0.3) is 0 Å². The van der Waals surface area contributed by atoms with E-state index in [2.05, 4.69) is 38.4 Å². The van der Waals surface area contributed by atoms with Gasteiger partial charge in [-0.1, -0.05) is 13.8 Å². The molecule has 0 aromatic rings. The molecule has 1 aliphatic heterocycles. The number of ether oxygens (including phenoxy) is 1. The van der Waals surface area contributed by atoms with Crippen LogP contribution in [0.1, 0.15) is 33.1 Å². The Morgan fingerprint density at radius 2 is 2.12 bits per heavy atom. The third kappa shape index (κ3) is 5.07. The van der Waals surface area contributed by atoms with Gasteiger partial charge in [0.25, 0.3) is 0 Å². The minimum atomic E-state index is 0.464. The summed E-state index contributed by atoms with van der Waals surface area (Å²) < 4.78 is 5.76. The molecule has 2 unspecified atom stereocenters. The van der Waals surface area contributed by atoms with Crippen molar-refractivity contribution in [3.8, 4) is 0 Å². The molecule has 16 heavy (non-hydrogen) atoms. The minimum Gasteiger partial charge on any atom is -0.377 e. The lowest BCUT2D eigenvalue weighted by Gasteiger charge is -2.30. The Balaban J connectivity index is 2.25. The molecule has 1 heterocycles. The lowest BCUT2D eigenvalue weighted by Crippen LogP contribution is -2.37. The molecular weight excluding hydrogens is 218 g/mol. The quantitative estimate of drug-likeness (QED) is 0.722. The summed E-state index contributed by atoms with van der Waals surface area (Å²) in [7, 11) is 2.21. The molecule has 1 fully saturated rings. The molecule has 0 aromatic carbocycles. The molecule has 2 nitrogen and oxygen atoms in total. The number of likely N-dealkylation sites (N-methyl/N-ethyl adjacent to an activating group) is 1. The highest BCUT2D eigenvalue weighted by Crippen LogP contribution is 2.17. The fourth-order valence-electron chi connectivity index (χ4n) is 2.25. The van der Waals surface area contributed by atoms with Gasteiger partial charge in [-0.3, -0.25) is 0 Å². The Morgan fingerprint density at radius 1 is 1.38 bits per heavy atom. The van der Waals surface area contributed by atoms with E-state index < -0.39 is 0 Å². The van der Waals surface area contributed by atoms with E-state index in [1.807, 2.05) is 0 Å². The average Bonchev–Trinajstić information content (AvgIpc) is 2.27. The largest absolute Gasteiger partial charge is 0.377 e. The SMILES string of the molecule is CC(C)C(CS)CN(C)CC1CCCCO1. The van der Waals surface area contributed by atoms with Gasteiger partial charge in [0.2, 0.25) is 0 Å². The highest BCUT2D eigenvalue weighted by atomic mass is 32.1. The normalized spacial score (nSPS) is 24.0. The van der Waals surface area contributed by atoms with Crippen LogP contribution in [0.4, 0.5) is 0 Å². The zero-order valence-electron chi connectivity index (χ0n) is 11.0. The molecule has 0 radical (unpaired) electrons. The third-order valence-electron chi connectivity index (χ3n) is 3.51. The predicted molar refractivity (Wildman–Crippen MR) is 73.3 cm³/mol. The Hall–Kier alpha value is 0.270. The molecule has 1 aliphatic rings.